The first-order chi connectivity index (χ1) is 9.36. The molecule has 20 heavy (non-hydrogen) atoms. The normalized spacial score (nSPS) is 12.5. The van der Waals surface area contributed by atoms with Gasteiger partial charge in [-0.1, -0.05) is 43.1 Å². The second-order valence-electron chi connectivity index (χ2n) is 5.71. The molecule has 0 aromatic heterocycles. The molecule has 0 heterocycles. The smallest absolute Gasteiger partial charge is 0.144 e. The van der Waals surface area contributed by atoms with Crippen molar-refractivity contribution in [2.45, 2.75) is 40.0 Å². The summed E-state index contributed by atoms with van der Waals surface area (Å²) in [6.07, 6.45) is 2.92. The van der Waals surface area contributed by atoms with Gasteiger partial charge in [0.25, 0.3) is 0 Å². The van der Waals surface area contributed by atoms with E-state index in [1.165, 1.54) is 5.56 Å². The molecule has 0 saturated heterocycles. The SMILES string of the molecule is Cc1ccc(Cl)cc1NCCCCC(C)(C)/C(N)=N/O. The number of nitrogens with one attached hydrogen (secondary N) is 1. The fourth-order valence-electron chi connectivity index (χ4n) is 1.96. The molecule has 0 atom stereocenters. The fourth-order valence-corrected chi connectivity index (χ4v) is 2.14. The highest BCUT2D eigenvalue weighted by Gasteiger charge is 2.22. The summed E-state index contributed by atoms with van der Waals surface area (Å²) in [5, 5.41) is 15.9. The van der Waals surface area contributed by atoms with E-state index >= 15 is 0 Å². The Morgan fingerprint density at radius 1 is 1.40 bits per heavy atom. The monoisotopic (exact) mass is 297 g/mol. The third kappa shape index (κ3) is 4.93. The summed E-state index contributed by atoms with van der Waals surface area (Å²) in [7, 11) is 0. The molecule has 4 N–H and O–H groups in total. The van der Waals surface area contributed by atoms with Crippen LogP contribution in [0.1, 0.15) is 38.7 Å². The van der Waals surface area contributed by atoms with E-state index in [0.717, 1.165) is 36.5 Å². The lowest BCUT2D eigenvalue weighted by Gasteiger charge is -2.22. The molecule has 0 bridgehead atoms. The van der Waals surface area contributed by atoms with Gasteiger partial charge in [0.1, 0.15) is 5.84 Å². The number of nitrogens with zero attached hydrogens (tertiary/aromatic N) is 1. The van der Waals surface area contributed by atoms with Crippen LogP contribution in [0.15, 0.2) is 23.4 Å². The Morgan fingerprint density at radius 2 is 2.10 bits per heavy atom. The molecule has 0 amide bonds. The first-order valence-electron chi connectivity index (χ1n) is 6.85. The lowest BCUT2D eigenvalue weighted by molar-refractivity contribution is 0.304. The van der Waals surface area contributed by atoms with Crippen LogP contribution in [0.25, 0.3) is 0 Å². The highest BCUT2D eigenvalue weighted by atomic mass is 35.5. The predicted molar refractivity (Wildman–Crippen MR) is 85.7 cm³/mol. The van der Waals surface area contributed by atoms with Crippen molar-refractivity contribution in [1.29, 1.82) is 0 Å². The number of nitrogens with two attached hydrogens (primary N) is 1. The molecular weight excluding hydrogens is 274 g/mol. The number of unbranched alkanes of at least 4 members (excludes halogenated alkanes) is 1. The van der Waals surface area contributed by atoms with Crippen molar-refractivity contribution < 1.29 is 5.21 Å². The lowest BCUT2D eigenvalue weighted by atomic mass is 9.86. The molecule has 0 aliphatic heterocycles. The van der Waals surface area contributed by atoms with Gasteiger partial charge in [-0.05, 0) is 37.5 Å². The van der Waals surface area contributed by atoms with Crippen molar-refractivity contribution in [3.8, 4) is 0 Å². The van der Waals surface area contributed by atoms with Gasteiger partial charge in [0.15, 0.2) is 0 Å². The summed E-state index contributed by atoms with van der Waals surface area (Å²) in [5.41, 5.74) is 7.66. The Kier molecular flexibility index (Phi) is 6.14. The van der Waals surface area contributed by atoms with Crippen LogP contribution in [0.4, 0.5) is 5.69 Å². The highest BCUT2D eigenvalue weighted by Crippen LogP contribution is 2.24. The molecule has 5 heteroatoms. The summed E-state index contributed by atoms with van der Waals surface area (Å²) in [6.45, 7) is 6.90. The van der Waals surface area contributed by atoms with Crippen LogP contribution in [0.2, 0.25) is 5.02 Å². The number of amidine groups is 1. The number of anilines is 1. The molecule has 0 saturated carbocycles. The molecule has 0 spiro atoms. The van der Waals surface area contributed by atoms with E-state index in [9.17, 15) is 0 Å². The van der Waals surface area contributed by atoms with Crippen LogP contribution in [-0.4, -0.2) is 17.6 Å². The minimum atomic E-state index is -0.263. The molecule has 0 aliphatic rings. The van der Waals surface area contributed by atoms with Gasteiger partial charge < -0.3 is 16.3 Å². The Hall–Kier alpha value is -1.42. The zero-order chi connectivity index (χ0) is 15.2. The maximum atomic E-state index is 8.72. The summed E-state index contributed by atoms with van der Waals surface area (Å²) in [4.78, 5) is 0. The highest BCUT2D eigenvalue weighted by molar-refractivity contribution is 6.30. The van der Waals surface area contributed by atoms with Gasteiger partial charge in [-0.25, -0.2) is 0 Å². The minimum Gasteiger partial charge on any atom is -0.409 e. The number of rotatable bonds is 7. The number of hydrogen-bond donors (Lipinski definition) is 3. The first kappa shape index (κ1) is 16.6. The summed E-state index contributed by atoms with van der Waals surface area (Å²) in [6, 6.07) is 5.84. The number of oxime groups is 1. The molecule has 112 valence electrons. The van der Waals surface area contributed by atoms with Gasteiger partial charge in [0, 0.05) is 22.7 Å². The summed E-state index contributed by atoms with van der Waals surface area (Å²) in [5.74, 6) is 0.288. The predicted octanol–water partition coefficient (Wildman–Crippen LogP) is 4.00. The van der Waals surface area contributed by atoms with Crippen molar-refractivity contribution in [2.75, 3.05) is 11.9 Å². The lowest BCUT2D eigenvalue weighted by Crippen LogP contribution is -2.31. The van der Waals surface area contributed by atoms with E-state index in [4.69, 9.17) is 22.5 Å². The molecule has 0 radical (unpaired) electrons. The average molecular weight is 298 g/mol. The number of benzene rings is 1. The van der Waals surface area contributed by atoms with Crippen LogP contribution in [-0.2, 0) is 0 Å². The first-order valence-corrected chi connectivity index (χ1v) is 7.22. The molecule has 1 aromatic carbocycles. The Balaban J connectivity index is 2.34. The molecular formula is C15H24ClN3O. The van der Waals surface area contributed by atoms with Crippen LogP contribution >= 0.6 is 11.6 Å². The zero-order valence-electron chi connectivity index (χ0n) is 12.4. The average Bonchev–Trinajstić information content (AvgIpc) is 2.41. The molecule has 0 aliphatic carbocycles. The maximum Gasteiger partial charge on any atom is 0.144 e. The summed E-state index contributed by atoms with van der Waals surface area (Å²) >= 11 is 5.98. The number of hydrogen-bond acceptors (Lipinski definition) is 3. The van der Waals surface area contributed by atoms with Crippen LogP contribution < -0.4 is 11.1 Å². The third-order valence-electron chi connectivity index (χ3n) is 3.54. The van der Waals surface area contributed by atoms with Gasteiger partial charge in [0.2, 0.25) is 0 Å². The summed E-state index contributed by atoms with van der Waals surface area (Å²) < 4.78 is 0. The zero-order valence-corrected chi connectivity index (χ0v) is 13.2. The van der Waals surface area contributed by atoms with Crippen molar-refractivity contribution >= 4 is 23.1 Å². The fraction of sp³-hybridized carbons (Fsp3) is 0.533. The Bertz CT molecular complexity index is 472. The molecule has 4 nitrogen and oxygen atoms in total. The number of halogens is 1. The quantitative estimate of drug-likeness (QED) is 0.234. The van der Waals surface area contributed by atoms with Gasteiger partial charge >= 0.3 is 0 Å². The topological polar surface area (TPSA) is 70.6 Å². The van der Waals surface area contributed by atoms with Crippen molar-refractivity contribution in [1.82, 2.24) is 0 Å². The third-order valence-corrected chi connectivity index (χ3v) is 3.78. The molecule has 1 aromatic rings. The largest absolute Gasteiger partial charge is 0.409 e. The maximum absolute atomic E-state index is 8.72. The van der Waals surface area contributed by atoms with Gasteiger partial charge in [-0.15, -0.1) is 0 Å². The van der Waals surface area contributed by atoms with Gasteiger partial charge in [-0.3, -0.25) is 0 Å². The van der Waals surface area contributed by atoms with Crippen molar-refractivity contribution in [3.05, 3.63) is 28.8 Å². The van der Waals surface area contributed by atoms with Gasteiger partial charge in [0.05, 0.1) is 0 Å². The molecule has 1 rings (SSSR count). The second kappa shape index (κ2) is 7.39. The Morgan fingerprint density at radius 3 is 2.75 bits per heavy atom. The minimum absolute atomic E-state index is 0.263. The van der Waals surface area contributed by atoms with Crippen LogP contribution in [0.5, 0.6) is 0 Å². The van der Waals surface area contributed by atoms with E-state index < -0.39 is 0 Å². The van der Waals surface area contributed by atoms with Crippen molar-refractivity contribution in [2.24, 2.45) is 16.3 Å². The van der Waals surface area contributed by atoms with E-state index in [0.29, 0.717) is 0 Å². The Labute approximate surface area is 126 Å². The standard InChI is InChI=1S/C15H24ClN3O/c1-11-6-7-12(16)10-13(11)18-9-5-4-8-15(2,3)14(17)19-20/h6-7,10,18,20H,4-5,8-9H2,1-3H3,(H2,17,19). The number of aryl methyl sites for hydroxylation is 1. The van der Waals surface area contributed by atoms with E-state index in [-0.39, 0.29) is 11.3 Å². The van der Waals surface area contributed by atoms with E-state index in [2.05, 4.69) is 17.4 Å². The van der Waals surface area contributed by atoms with E-state index in [1.54, 1.807) is 0 Å². The van der Waals surface area contributed by atoms with E-state index in [1.807, 2.05) is 32.0 Å². The van der Waals surface area contributed by atoms with Crippen molar-refractivity contribution in [3.63, 3.8) is 0 Å². The molecule has 0 fully saturated rings. The van der Waals surface area contributed by atoms with Gasteiger partial charge in [-0.2, -0.15) is 0 Å². The van der Waals surface area contributed by atoms with Crippen LogP contribution in [0, 0.1) is 12.3 Å². The molecule has 0 unspecified atom stereocenters. The second-order valence-corrected chi connectivity index (χ2v) is 6.15. The van der Waals surface area contributed by atoms with Crippen LogP contribution in [0.3, 0.4) is 0 Å².